The molecule has 1 aromatic rings. The van der Waals surface area contributed by atoms with Gasteiger partial charge in [-0.25, -0.2) is 4.39 Å². The molecule has 17 heavy (non-hydrogen) atoms. The average molecular weight is 239 g/mol. The van der Waals surface area contributed by atoms with E-state index < -0.39 is 5.97 Å². The van der Waals surface area contributed by atoms with Gasteiger partial charge in [-0.3, -0.25) is 4.79 Å². The predicted molar refractivity (Wildman–Crippen MR) is 64.3 cm³/mol. The number of hydrogen-bond acceptors (Lipinski definition) is 2. The van der Waals surface area contributed by atoms with Crippen molar-refractivity contribution in [2.24, 2.45) is 0 Å². The molecule has 0 aliphatic rings. The first kappa shape index (κ1) is 13.6. The molecule has 0 amide bonds. The summed E-state index contributed by atoms with van der Waals surface area (Å²) < 4.78 is 12.7. The van der Waals surface area contributed by atoms with Crippen molar-refractivity contribution in [2.45, 2.75) is 38.8 Å². The first-order valence-corrected chi connectivity index (χ1v) is 5.72. The zero-order valence-electron chi connectivity index (χ0n) is 10.1. The van der Waals surface area contributed by atoms with E-state index in [1.54, 1.807) is 12.1 Å². The van der Waals surface area contributed by atoms with Crippen LogP contribution in [0.15, 0.2) is 24.3 Å². The van der Waals surface area contributed by atoms with Gasteiger partial charge in [0.05, 0.1) is 0 Å². The Balaban J connectivity index is 2.45. The van der Waals surface area contributed by atoms with Crippen LogP contribution in [-0.4, -0.2) is 17.1 Å². The molecule has 0 bridgehead atoms. The highest BCUT2D eigenvalue weighted by Gasteiger charge is 2.10. The molecule has 0 fully saturated rings. The van der Waals surface area contributed by atoms with Gasteiger partial charge in [0.25, 0.3) is 0 Å². The molecule has 2 atom stereocenters. The molecule has 3 nitrogen and oxygen atoms in total. The van der Waals surface area contributed by atoms with Gasteiger partial charge in [-0.05, 0) is 38.0 Å². The molecule has 0 heterocycles. The molecule has 1 aromatic carbocycles. The number of aliphatic carboxylic acids is 1. The van der Waals surface area contributed by atoms with Crippen LogP contribution in [-0.2, 0) is 4.79 Å². The number of rotatable bonds is 6. The maximum absolute atomic E-state index is 12.7. The van der Waals surface area contributed by atoms with Gasteiger partial charge in [0, 0.05) is 18.5 Å². The second kappa shape index (κ2) is 6.35. The van der Waals surface area contributed by atoms with Crippen LogP contribution in [0.1, 0.15) is 38.3 Å². The van der Waals surface area contributed by atoms with Gasteiger partial charge in [0.2, 0.25) is 0 Å². The van der Waals surface area contributed by atoms with Crippen LogP contribution in [0.4, 0.5) is 4.39 Å². The number of hydrogen-bond donors (Lipinski definition) is 2. The fourth-order valence-electron chi connectivity index (χ4n) is 1.70. The van der Waals surface area contributed by atoms with Gasteiger partial charge in [-0.1, -0.05) is 12.1 Å². The lowest BCUT2D eigenvalue weighted by atomic mass is 10.1. The quantitative estimate of drug-likeness (QED) is 0.802. The van der Waals surface area contributed by atoms with Crippen LogP contribution in [0, 0.1) is 5.82 Å². The van der Waals surface area contributed by atoms with Crippen molar-refractivity contribution >= 4 is 5.97 Å². The summed E-state index contributed by atoms with van der Waals surface area (Å²) in [5.74, 6) is -1.03. The lowest BCUT2D eigenvalue weighted by Crippen LogP contribution is -2.29. The molecule has 1 unspecified atom stereocenters. The van der Waals surface area contributed by atoms with Crippen LogP contribution >= 0.6 is 0 Å². The fraction of sp³-hybridized carbons (Fsp3) is 0.462. The minimum atomic E-state index is -0.784. The Morgan fingerprint density at radius 3 is 2.47 bits per heavy atom. The maximum Gasteiger partial charge on any atom is 0.303 e. The molecule has 0 aliphatic carbocycles. The SMILES string of the molecule is CC(CCC(=O)O)N[C@@H](C)c1ccc(F)cc1. The third-order valence-corrected chi connectivity index (χ3v) is 2.70. The number of halogens is 1. The van der Waals surface area contributed by atoms with Crippen molar-refractivity contribution in [3.05, 3.63) is 35.6 Å². The monoisotopic (exact) mass is 239 g/mol. The standard InChI is InChI=1S/C13H18FNO2/c1-9(3-8-13(16)17)15-10(2)11-4-6-12(14)7-5-11/h4-7,9-10,15H,3,8H2,1-2H3,(H,16,17)/t9?,10-/m0/s1. The molecular weight excluding hydrogens is 221 g/mol. The summed E-state index contributed by atoms with van der Waals surface area (Å²) in [6.07, 6.45) is 0.741. The average Bonchev–Trinajstić information content (AvgIpc) is 2.27. The number of carboxylic acids is 1. The van der Waals surface area contributed by atoms with Gasteiger partial charge < -0.3 is 10.4 Å². The fourth-order valence-corrected chi connectivity index (χ4v) is 1.70. The first-order valence-electron chi connectivity index (χ1n) is 5.72. The molecule has 2 N–H and O–H groups in total. The van der Waals surface area contributed by atoms with Gasteiger partial charge in [-0.15, -0.1) is 0 Å². The van der Waals surface area contributed by atoms with Crippen LogP contribution < -0.4 is 5.32 Å². The highest BCUT2D eigenvalue weighted by Crippen LogP contribution is 2.14. The van der Waals surface area contributed by atoms with Crippen molar-refractivity contribution < 1.29 is 14.3 Å². The second-order valence-electron chi connectivity index (χ2n) is 4.27. The van der Waals surface area contributed by atoms with E-state index in [1.165, 1.54) is 12.1 Å². The predicted octanol–water partition coefficient (Wildman–Crippen LogP) is 2.73. The minimum Gasteiger partial charge on any atom is -0.481 e. The molecule has 1 rings (SSSR count). The third kappa shape index (κ3) is 4.95. The van der Waals surface area contributed by atoms with E-state index in [-0.39, 0.29) is 24.3 Å². The summed E-state index contributed by atoms with van der Waals surface area (Å²) in [6.45, 7) is 3.92. The molecule has 0 aliphatic heterocycles. The second-order valence-corrected chi connectivity index (χ2v) is 4.27. The van der Waals surface area contributed by atoms with Crippen molar-refractivity contribution in [2.75, 3.05) is 0 Å². The Labute approximate surface area is 101 Å². The molecule has 0 spiro atoms. The van der Waals surface area contributed by atoms with Gasteiger partial charge in [-0.2, -0.15) is 0 Å². The van der Waals surface area contributed by atoms with E-state index >= 15 is 0 Å². The van der Waals surface area contributed by atoms with Crippen LogP contribution in [0.3, 0.4) is 0 Å². The molecule has 0 saturated carbocycles. The summed E-state index contributed by atoms with van der Waals surface area (Å²) >= 11 is 0. The summed E-state index contributed by atoms with van der Waals surface area (Å²) in [6, 6.07) is 6.52. The molecule has 94 valence electrons. The molecular formula is C13H18FNO2. The lowest BCUT2D eigenvalue weighted by Gasteiger charge is -2.19. The third-order valence-electron chi connectivity index (χ3n) is 2.70. The number of benzene rings is 1. The van der Waals surface area contributed by atoms with Crippen LogP contribution in [0.25, 0.3) is 0 Å². The summed E-state index contributed by atoms with van der Waals surface area (Å²) in [5.41, 5.74) is 0.994. The lowest BCUT2D eigenvalue weighted by molar-refractivity contribution is -0.137. The summed E-state index contributed by atoms with van der Waals surface area (Å²) in [7, 11) is 0. The topological polar surface area (TPSA) is 49.3 Å². The molecule has 0 saturated heterocycles. The Morgan fingerprint density at radius 1 is 1.35 bits per heavy atom. The summed E-state index contributed by atoms with van der Waals surface area (Å²) in [4.78, 5) is 10.4. The largest absolute Gasteiger partial charge is 0.481 e. The first-order chi connectivity index (χ1) is 7.99. The van der Waals surface area contributed by atoms with E-state index in [9.17, 15) is 9.18 Å². The minimum absolute atomic E-state index is 0.0828. The van der Waals surface area contributed by atoms with Crippen LogP contribution in [0.5, 0.6) is 0 Å². The van der Waals surface area contributed by atoms with Gasteiger partial charge in [0.1, 0.15) is 5.82 Å². The number of carbonyl (C=O) groups is 1. The highest BCUT2D eigenvalue weighted by molar-refractivity contribution is 5.66. The smallest absolute Gasteiger partial charge is 0.303 e. The highest BCUT2D eigenvalue weighted by atomic mass is 19.1. The molecule has 0 radical (unpaired) electrons. The maximum atomic E-state index is 12.7. The van der Waals surface area contributed by atoms with E-state index in [0.29, 0.717) is 6.42 Å². The van der Waals surface area contributed by atoms with Gasteiger partial charge in [0.15, 0.2) is 0 Å². The van der Waals surface area contributed by atoms with E-state index in [2.05, 4.69) is 5.32 Å². The zero-order valence-corrected chi connectivity index (χ0v) is 10.1. The number of carboxylic acid groups (broad SMARTS) is 1. The van der Waals surface area contributed by atoms with E-state index in [1.807, 2.05) is 13.8 Å². The number of nitrogens with one attached hydrogen (secondary N) is 1. The van der Waals surface area contributed by atoms with Gasteiger partial charge >= 0.3 is 5.97 Å². The van der Waals surface area contributed by atoms with Crippen LogP contribution in [0.2, 0.25) is 0 Å². The normalized spacial score (nSPS) is 14.3. The Kier molecular flexibility index (Phi) is 5.10. The molecule has 4 heteroatoms. The van der Waals surface area contributed by atoms with Crippen molar-refractivity contribution in [1.29, 1.82) is 0 Å². The van der Waals surface area contributed by atoms with E-state index in [0.717, 1.165) is 5.56 Å². The summed E-state index contributed by atoms with van der Waals surface area (Å²) in [5, 5.41) is 11.9. The zero-order chi connectivity index (χ0) is 12.8. The van der Waals surface area contributed by atoms with E-state index in [4.69, 9.17) is 5.11 Å². The molecule has 0 aromatic heterocycles. The Bertz CT molecular complexity index is 364. The Morgan fingerprint density at radius 2 is 1.94 bits per heavy atom. The Hall–Kier alpha value is -1.42. The van der Waals surface area contributed by atoms with Crippen molar-refractivity contribution in [3.63, 3.8) is 0 Å². The van der Waals surface area contributed by atoms with Crippen molar-refractivity contribution in [3.8, 4) is 0 Å². The van der Waals surface area contributed by atoms with Crippen molar-refractivity contribution in [1.82, 2.24) is 5.32 Å².